The molecule has 0 unspecified atom stereocenters. The number of aryl methyl sites for hydroxylation is 1. The molecule has 0 saturated carbocycles. The maximum atomic E-state index is 8.79. The van der Waals surface area contributed by atoms with Gasteiger partial charge in [-0.15, -0.1) is 0 Å². The van der Waals surface area contributed by atoms with E-state index in [1.807, 2.05) is 63.2 Å². The van der Waals surface area contributed by atoms with Gasteiger partial charge in [0.1, 0.15) is 12.4 Å². The average Bonchev–Trinajstić information content (AvgIpc) is 2.57. The molecule has 0 aliphatic rings. The molecule has 0 spiro atoms. The molecule has 22 heavy (non-hydrogen) atoms. The van der Waals surface area contributed by atoms with Gasteiger partial charge >= 0.3 is 0 Å². The fourth-order valence-corrected chi connectivity index (χ4v) is 1.53. The summed E-state index contributed by atoms with van der Waals surface area (Å²) in [5.74, 6) is 0.845. The van der Waals surface area contributed by atoms with E-state index in [-0.39, 0.29) is 0 Å². The first kappa shape index (κ1) is 19.7. The minimum absolute atomic E-state index is 0.485. The van der Waals surface area contributed by atoms with E-state index in [0.29, 0.717) is 12.2 Å². The van der Waals surface area contributed by atoms with Crippen LogP contribution >= 0.6 is 0 Å². The summed E-state index contributed by atoms with van der Waals surface area (Å²) in [6, 6.07) is 17.5. The molecular formula is C20H27NO. The average molecular weight is 297 g/mol. The second-order valence-electron chi connectivity index (χ2n) is 4.62. The SMILES string of the molecule is CC.CCC.Cc1ccc(OCc2cccc(C#N)c2)cc1. The van der Waals surface area contributed by atoms with Gasteiger partial charge in [-0.05, 0) is 36.8 Å². The molecule has 0 heterocycles. The Hall–Kier alpha value is -2.27. The minimum Gasteiger partial charge on any atom is -0.489 e. The van der Waals surface area contributed by atoms with Crippen LogP contribution in [-0.4, -0.2) is 0 Å². The maximum Gasteiger partial charge on any atom is 0.119 e. The van der Waals surface area contributed by atoms with E-state index in [0.717, 1.165) is 11.3 Å². The summed E-state index contributed by atoms with van der Waals surface area (Å²) in [5, 5.41) is 8.79. The summed E-state index contributed by atoms with van der Waals surface area (Å²) < 4.78 is 5.64. The van der Waals surface area contributed by atoms with Gasteiger partial charge in [-0.1, -0.05) is 63.9 Å². The van der Waals surface area contributed by atoms with Crippen molar-refractivity contribution >= 4 is 0 Å². The van der Waals surface area contributed by atoms with Crippen LogP contribution in [0.1, 0.15) is 50.8 Å². The van der Waals surface area contributed by atoms with Gasteiger partial charge in [0.2, 0.25) is 0 Å². The van der Waals surface area contributed by atoms with Crippen molar-refractivity contribution in [3.05, 3.63) is 65.2 Å². The Bertz CT molecular complexity index is 553. The number of nitrogens with zero attached hydrogens (tertiary/aromatic N) is 1. The Morgan fingerprint density at radius 1 is 1.00 bits per heavy atom. The summed E-state index contributed by atoms with van der Waals surface area (Å²) in [4.78, 5) is 0. The van der Waals surface area contributed by atoms with E-state index in [9.17, 15) is 0 Å². The molecule has 0 aromatic heterocycles. The summed E-state index contributed by atoms with van der Waals surface area (Å²) in [6.45, 7) is 10.8. The molecule has 0 aliphatic carbocycles. The highest BCUT2D eigenvalue weighted by atomic mass is 16.5. The van der Waals surface area contributed by atoms with E-state index in [1.54, 1.807) is 6.07 Å². The second-order valence-corrected chi connectivity index (χ2v) is 4.62. The number of hydrogen-bond acceptors (Lipinski definition) is 2. The van der Waals surface area contributed by atoms with Crippen molar-refractivity contribution in [2.75, 3.05) is 0 Å². The minimum atomic E-state index is 0.485. The van der Waals surface area contributed by atoms with Gasteiger partial charge in [0.05, 0.1) is 11.6 Å². The smallest absolute Gasteiger partial charge is 0.119 e. The molecule has 0 aliphatic heterocycles. The monoisotopic (exact) mass is 297 g/mol. The highest BCUT2D eigenvalue weighted by Crippen LogP contribution is 2.14. The molecule has 2 nitrogen and oxygen atoms in total. The van der Waals surface area contributed by atoms with E-state index in [4.69, 9.17) is 10.00 Å². The van der Waals surface area contributed by atoms with Crippen LogP contribution in [-0.2, 0) is 6.61 Å². The van der Waals surface area contributed by atoms with Crippen molar-refractivity contribution in [1.29, 1.82) is 5.26 Å². The fourth-order valence-electron chi connectivity index (χ4n) is 1.53. The van der Waals surface area contributed by atoms with Crippen molar-refractivity contribution in [3.63, 3.8) is 0 Å². The fraction of sp³-hybridized carbons (Fsp3) is 0.350. The molecule has 2 aromatic rings. The zero-order chi connectivity index (χ0) is 16.8. The lowest BCUT2D eigenvalue weighted by Crippen LogP contribution is -1.95. The van der Waals surface area contributed by atoms with Crippen LogP contribution in [0.2, 0.25) is 0 Å². The van der Waals surface area contributed by atoms with E-state index in [1.165, 1.54) is 12.0 Å². The third kappa shape index (κ3) is 8.11. The molecule has 0 saturated heterocycles. The molecule has 0 radical (unpaired) electrons. The standard InChI is InChI=1S/C15H13NO.C3H8.C2H6/c1-12-5-7-15(8-6-12)17-11-14-4-2-3-13(9-14)10-16;1-3-2;1-2/h2-9H,11H2,1H3;3H2,1-2H3;1-2H3. The van der Waals surface area contributed by atoms with Gasteiger partial charge in [0, 0.05) is 0 Å². The lowest BCUT2D eigenvalue weighted by Gasteiger charge is -2.06. The molecule has 0 bridgehead atoms. The number of benzene rings is 2. The molecule has 0 amide bonds. The van der Waals surface area contributed by atoms with Gasteiger partial charge in [-0.3, -0.25) is 0 Å². The predicted octanol–water partition coefficient (Wildman–Crippen LogP) is 5.89. The van der Waals surface area contributed by atoms with E-state index in [2.05, 4.69) is 19.9 Å². The Morgan fingerprint density at radius 2 is 1.59 bits per heavy atom. The van der Waals surface area contributed by atoms with E-state index < -0.39 is 0 Å². The van der Waals surface area contributed by atoms with Crippen LogP contribution in [0.15, 0.2) is 48.5 Å². The molecule has 0 atom stereocenters. The third-order valence-electron chi connectivity index (χ3n) is 2.48. The van der Waals surface area contributed by atoms with Crippen LogP contribution in [0, 0.1) is 18.3 Å². The molecule has 2 aromatic carbocycles. The highest BCUT2D eigenvalue weighted by Gasteiger charge is 1.97. The van der Waals surface area contributed by atoms with Crippen molar-refractivity contribution in [2.45, 2.75) is 47.6 Å². The maximum absolute atomic E-state index is 8.79. The van der Waals surface area contributed by atoms with Gasteiger partial charge in [0.25, 0.3) is 0 Å². The third-order valence-corrected chi connectivity index (χ3v) is 2.48. The topological polar surface area (TPSA) is 33.0 Å². The van der Waals surface area contributed by atoms with Crippen LogP contribution in [0.4, 0.5) is 0 Å². The summed E-state index contributed by atoms with van der Waals surface area (Å²) >= 11 is 0. The zero-order valence-electron chi connectivity index (χ0n) is 14.4. The summed E-state index contributed by atoms with van der Waals surface area (Å²) in [7, 11) is 0. The Labute approximate surface area is 135 Å². The molecule has 2 rings (SSSR count). The lowest BCUT2D eigenvalue weighted by atomic mass is 10.1. The van der Waals surface area contributed by atoms with Crippen LogP contribution in [0.3, 0.4) is 0 Å². The first-order valence-electron chi connectivity index (χ1n) is 7.88. The Balaban J connectivity index is 0.000000789. The quantitative estimate of drug-likeness (QED) is 0.707. The number of ether oxygens (including phenoxy) is 1. The van der Waals surface area contributed by atoms with E-state index >= 15 is 0 Å². The van der Waals surface area contributed by atoms with Gasteiger partial charge in [0.15, 0.2) is 0 Å². The first-order valence-corrected chi connectivity index (χ1v) is 7.88. The van der Waals surface area contributed by atoms with Gasteiger partial charge < -0.3 is 4.74 Å². The molecule has 2 heteroatoms. The van der Waals surface area contributed by atoms with Crippen LogP contribution < -0.4 is 4.74 Å². The van der Waals surface area contributed by atoms with Crippen LogP contribution in [0.5, 0.6) is 5.75 Å². The Kier molecular flexibility index (Phi) is 11.2. The van der Waals surface area contributed by atoms with Crippen molar-refractivity contribution < 1.29 is 4.74 Å². The molecule has 118 valence electrons. The molecule has 0 N–H and O–H groups in total. The van der Waals surface area contributed by atoms with Crippen molar-refractivity contribution in [2.24, 2.45) is 0 Å². The zero-order valence-corrected chi connectivity index (χ0v) is 14.4. The second kappa shape index (κ2) is 12.5. The van der Waals surface area contributed by atoms with Gasteiger partial charge in [-0.25, -0.2) is 0 Å². The van der Waals surface area contributed by atoms with Crippen molar-refractivity contribution in [1.82, 2.24) is 0 Å². The first-order chi connectivity index (χ1) is 10.7. The number of hydrogen-bond donors (Lipinski definition) is 0. The largest absolute Gasteiger partial charge is 0.489 e. The molecular weight excluding hydrogens is 270 g/mol. The Morgan fingerprint density at radius 3 is 2.14 bits per heavy atom. The normalized spacial score (nSPS) is 8.55. The van der Waals surface area contributed by atoms with Crippen LogP contribution in [0.25, 0.3) is 0 Å². The van der Waals surface area contributed by atoms with Crippen molar-refractivity contribution in [3.8, 4) is 11.8 Å². The number of rotatable bonds is 3. The number of nitriles is 1. The summed E-state index contributed by atoms with van der Waals surface area (Å²) in [5.41, 5.74) is 2.88. The van der Waals surface area contributed by atoms with Gasteiger partial charge in [-0.2, -0.15) is 5.26 Å². The lowest BCUT2D eigenvalue weighted by molar-refractivity contribution is 0.306. The molecule has 0 fully saturated rings. The highest BCUT2D eigenvalue weighted by molar-refractivity contribution is 5.33. The summed E-state index contributed by atoms with van der Waals surface area (Å²) in [6.07, 6.45) is 1.25. The predicted molar refractivity (Wildman–Crippen MR) is 94.0 cm³/mol.